The van der Waals surface area contributed by atoms with Crippen molar-refractivity contribution >= 4 is 23.2 Å². The van der Waals surface area contributed by atoms with Gasteiger partial charge in [0, 0.05) is 12.1 Å². The number of anilines is 1. The Kier molecular flexibility index (Phi) is 6.22. The maximum absolute atomic E-state index is 13.6. The van der Waals surface area contributed by atoms with Crippen molar-refractivity contribution in [3.63, 3.8) is 0 Å². The van der Waals surface area contributed by atoms with Crippen molar-refractivity contribution in [2.24, 2.45) is 11.8 Å². The van der Waals surface area contributed by atoms with E-state index < -0.39 is 81.9 Å². The van der Waals surface area contributed by atoms with Gasteiger partial charge in [-0.15, -0.1) is 0 Å². The van der Waals surface area contributed by atoms with Crippen LogP contribution in [-0.4, -0.2) is 52.0 Å². The third kappa shape index (κ3) is 3.94. The third-order valence-corrected chi connectivity index (χ3v) is 7.85. The van der Waals surface area contributed by atoms with Gasteiger partial charge in [0.2, 0.25) is 11.8 Å². The van der Waals surface area contributed by atoms with Crippen LogP contribution >= 0.6 is 0 Å². The van der Waals surface area contributed by atoms with Crippen LogP contribution in [-0.2, 0) is 26.7 Å². The normalized spacial score (nSPS) is 31.4. The third-order valence-electron chi connectivity index (χ3n) is 7.85. The van der Waals surface area contributed by atoms with Crippen molar-refractivity contribution in [3.05, 3.63) is 65.0 Å². The zero-order chi connectivity index (χ0) is 29.4. The number of imide groups is 1. The van der Waals surface area contributed by atoms with Crippen LogP contribution in [0.25, 0.3) is 4.85 Å². The van der Waals surface area contributed by atoms with E-state index >= 15 is 0 Å². The Labute approximate surface area is 222 Å². The molecule has 14 heteroatoms. The van der Waals surface area contributed by atoms with E-state index in [0.717, 1.165) is 36.4 Å². The van der Waals surface area contributed by atoms with Gasteiger partial charge in [-0.1, -0.05) is 6.07 Å². The molecular weight excluding hydrogens is 550 g/mol. The van der Waals surface area contributed by atoms with Gasteiger partial charge < -0.3 is 19.7 Å². The molecule has 2 unspecified atom stereocenters. The fourth-order valence-electron chi connectivity index (χ4n) is 6.01. The van der Waals surface area contributed by atoms with Crippen LogP contribution < -0.4 is 9.64 Å². The number of aliphatic hydroxyl groups excluding tert-OH is 2. The van der Waals surface area contributed by atoms with E-state index in [1.165, 1.54) is 6.92 Å². The second-order valence-electron chi connectivity index (χ2n) is 10.0. The van der Waals surface area contributed by atoms with Gasteiger partial charge in [0.15, 0.2) is 5.69 Å². The molecular formula is C26H20F6N2O6. The molecule has 212 valence electrons. The zero-order valence-electron chi connectivity index (χ0n) is 20.5. The Bertz CT molecular complexity index is 1420. The predicted molar refractivity (Wildman–Crippen MR) is 123 cm³/mol. The molecule has 3 aliphatic heterocycles. The summed E-state index contributed by atoms with van der Waals surface area (Å²) < 4.78 is 90.6. The van der Waals surface area contributed by atoms with Crippen LogP contribution in [0.2, 0.25) is 0 Å². The molecule has 2 N–H and O–H groups in total. The number of carbonyl (C=O) groups is 2. The molecule has 2 amide bonds. The van der Waals surface area contributed by atoms with E-state index in [1.807, 2.05) is 0 Å². The lowest BCUT2D eigenvalue weighted by Crippen LogP contribution is -2.58. The van der Waals surface area contributed by atoms with Crippen LogP contribution in [0.5, 0.6) is 5.75 Å². The lowest BCUT2D eigenvalue weighted by molar-refractivity contribution is -0.138. The summed E-state index contributed by atoms with van der Waals surface area (Å²) >= 11 is 0. The molecule has 8 nitrogen and oxygen atoms in total. The van der Waals surface area contributed by atoms with Crippen molar-refractivity contribution in [2.75, 3.05) is 11.5 Å². The van der Waals surface area contributed by atoms with Gasteiger partial charge in [0.25, 0.3) is 0 Å². The summed E-state index contributed by atoms with van der Waals surface area (Å²) in [6.07, 6.45) is -13.1. The topological polar surface area (TPSA) is 101 Å². The molecule has 2 bridgehead atoms. The van der Waals surface area contributed by atoms with Crippen LogP contribution in [0, 0.1) is 18.4 Å². The number of alkyl halides is 6. The number of fused-ring (bicyclic) bond motifs is 5. The summed E-state index contributed by atoms with van der Waals surface area (Å²) in [5, 5.41) is 21.7. The first-order valence-corrected chi connectivity index (χ1v) is 11.9. The van der Waals surface area contributed by atoms with Gasteiger partial charge in [0.1, 0.15) is 29.2 Å². The van der Waals surface area contributed by atoms with E-state index in [4.69, 9.17) is 16.0 Å². The van der Waals surface area contributed by atoms with Crippen molar-refractivity contribution in [3.8, 4) is 5.75 Å². The highest BCUT2D eigenvalue weighted by molar-refractivity contribution is 6.23. The van der Waals surface area contributed by atoms with Crippen molar-refractivity contribution < 1.29 is 55.6 Å². The lowest BCUT2D eigenvalue weighted by atomic mass is 9.64. The summed E-state index contributed by atoms with van der Waals surface area (Å²) in [7, 11) is 0. The van der Waals surface area contributed by atoms with Crippen LogP contribution in [0.1, 0.15) is 24.5 Å². The van der Waals surface area contributed by atoms with Crippen molar-refractivity contribution in [2.45, 2.75) is 49.1 Å². The highest BCUT2D eigenvalue weighted by Crippen LogP contribution is 2.62. The molecule has 0 spiro atoms. The highest BCUT2D eigenvalue weighted by Gasteiger charge is 2.80. The second kappa shape index (κ2) is 8.92. The molecule has 3 saturated heterocycles. The number of carbonyl (C=O) groups excluding carboxylic acids is 2. The Morgan fingerprint density at radius 2 is 1.60 bits per heavy atom. The molecule has 0 aromatic heterocycles. The molecule has 6 atom stereocenters. The van der Waals surface area contributed by atoms with Gasteiger partial charge in [-0.05, 0) is 43.3 Å². The molecule has 40 heavy (non-hydrogen) atoms. The van der Waals surface area contributed by atoms with Crippen LogP contribution in [0.4, 0.5) is 37.7 Å². The molecule has 3 aliphatic rings. The summed E-state index contributed by atoms with van der Waals surface area (Å²) in [5.74, 6) is -4.65. The van der Waals surface area contributed by atoms with Gasteiger partial charge in [-0.3, -0.25) is 9.59 Å². The summed E-state index contributed by atoms with van der Waals surface area (Å²) in [5.41, 5.74) is -7.07. The molecule has 0 aliphatic carbocycles. The maximum atomic E-state index is 13.6. The fraction of sp³-hybridized carbons (Fsp3) is 0.423. The number of halogens is 6. The number of hydrogen-bond donors (Lipinski definition) is 2. The molecule has 3 fully saturated rings. The number of aliphatic hydroxyl groups is 2. The predicted octanol–water partition coefficient (Wildman–Crippen LogP) is 4.11. The highest BCUT2D eigenvalue weighted by atomic mass is 19.4. The molecule has 0 saturated carbocycles. The van der Waals surface area contributed by atoms with Gasteiger partial charge >= 0.3 is 12.4 Å². The Morgan fingerprint density at radius 3 is 2.17 bits per heavy atom. The zero-order valence-corrected chi connectivity index (χ0v) is 20.5. The monoisotopic (exact) mass is 570 g/mol. The average molecular weight is 570 g/mol. The second-order valence-corrected chi connectivity index (χ2v) is 10.0. The number of benzene rings is 2. The number of rotatable bonds is 5. The first-order chi connectivity index (χ1) is 18.6. The number of nitrogens with zero attached hydrogens (tertiary/aromatic N) is 2. The molecule has 5 rings (SSSR count). The minimum Gasteiger partial charge on any atom is -0.493 e. The Morgan fingerprint density at radius 1 is 0.975 bits per heavy atom. The summed E-state index contributed by atoms with van der Waals surface area (Å²) in [6.45, 7) is 7.99. The SMILES string of the molecule is [C-]#[N+]c1ccc(N2C(=O)[C@@H]3[C@H](C2=O)C2(C)OC3(CCOc3ccc(C(F)(F)F)cc3)[C@@H](O)[C@@H]2O)cc1C(F)(F)F. The molecule has 3 heterocycles. The van der Waals surface area contributed by atoms with E-state index in [1.54, 1.807) is 0 Å². The maximum Gasteiger partial charge on any atom is 0.416 e. The molecule has 0 radical (unpaired) electrons. The average Bonchev–Trinajstić information content (AvgIpc) is 3.39. The smallest absolute Gasteiger partial charge is 0.416 e. The first kappa shape index (κ1) is 27.9. The van der Waals surface area contributed by atoms with Crippen LogP contribution in [0.3, 0.4) is 0 Å². The minimum absolute atomic E-state index is 0.0322. The van der Waals surface area contributed by atoms with Gasteiger partial charge in [-0.25, -0.2) is 9.74 Å². The Hall–Kier alpha value is -3.67. The van der Waals surface area contributed by atoms with E-state index in [-0.39, 0.29) is 18.8 Å². The quantitative estimate of drug-likeness (QED) is 0.319. The standard InChI is InChI=1S/C26H20F6N2O6/c1-23-17-18(22(38)34(21(17)37)13-5-8-16(33-2)15(11-13)26(30,31)32)24(40-23,20(36)19(23)35)9-10-39-14-6-3-12(4-7-14)25(27,28)29/h3-8,11,17-20,35-36H,9-10H2,1H3/t17-,18+,19+,20+,23?,24?/m1/s1. The lowest BCUT2D eigenvalue weighted by Gasteiger charge is -2.37. The summed E-state index contributed by atoms with van der Waals surface area (Å²) in [6, 6.07) is 6.11. The van der Waals surface area contributed by atoms with Crippen LogP contribution in [0.15, 0.2) is 42.5 Å². The van der Waals surface area contributed by atoms with Gasteiger partial charge in [0.05, 0.1) is 36.1 Å². The number of hydrogen-bond acceptors (Lipinski definition) is 6. The molecule has 2 aromatic carbocycles. The van der Waals surface area contributed by atoms with Gasteiger partial charge in [-0.2, -0.15) is 26.3 Å². The number of amides is 2. The first-order valence-electron chi connectivity index (χ1n) is 11.9. The minimum atomic E-state index is -4.95. The van der Waals surface area contributed by atoms with Crippen molar-refractivity contribution in [1.82, 2.24) is 0 Å². The van der Waals surface area contributed by atoms with E-state index in [2.05, 4.69) is 4.85 Å². The summed E-state index contributed by atoms with van der Waals surface area (Å²) in [4.78, 5) is 30.5. The fourth-order valence-corrected chi connectivity index (χ4v) is 6.01. The number of ether oxygens (including phenoxy) is 2. The molecule has 2 aromatic rings. The van der Waals surface area contributed by atoms with Crippen molar-refractivity contribution in [1.29, 1.82) is 0 Å². The van der Waals surface area contributed by atoms with E-state index in [9.17, 15) is 46.1 Å². The van der Waals surface area contributed by atoms with E-state index in [0.29, 0.717) is 11.0 Å². The largest absolute Gasteiger partial charge is 0.493 e. The Balaban J connectivity index is 1.45.